The third kappa shape index (κ3) is 4.35. The lowest BCUT2D eigenvalue weighted by Gasteiger charge is -2.26. The molecule has 2 aliphatic rings. The van der Waals surface area contributed by atoms with E-state index >= 15 is 0 Å². The molecule has 1 saturated heterocycles. The molecular formula is C21H21Cl2N3O3S2. The normalized spacial score (nSPS) is 17.1. The number of hydrogen-bond acceptors (Lipinski definition) is 5. The van der Waals surface area contributed by atoms with Crippen molar-refractivity contribution < 1.29 is 13.2 Å². The number of nitriles is 1. The first-order chi connectivity index (χ1) is 14.8. The summed E-state index contributed by atoms with van der Waals surface area (Å²) < 4.78 is 27.6. The lowest BCUT2D eigenvalue weighted by molar-refractivity contribution is 0.102. The third-order valence-corrected chi connectivity index (χ3v) is 9.59. The van der Waals surface area contributed by atoms with Crippen LogP contribution in [0.3, 0.4) is 0 Å². The van der Waals surface area contributed by atoms with Crippen LogP contribution >= 0.6 is 34.5 Å². The highest BCUT2D eigenvalue weighted by molar-refractivity contribution is 7.89. The molecule has 1 aliphatic heterocycles. The number of aryl methyl sites for hydroxylation is 1. The summed E-state index contributed by atoms with van der Waals surface area (Å²) in [5.41, 5.74) is 1.50. The van der Waals surface area contributed by atoms with Crippen molar-refractivity contribution in [2.24, 2.45) is 0 Å². The number of halogens is 2. The van der Waals surface area contributed by atoms with Gasteiger partial charge >= 0.3 is 0 Å². The number of fused-ring (bicyclic) bond motifs is 1. The molecule has 31 heavy (non-hydrogen) atoms. The average molecular weight is 498 g/mol. The molecule has 0 saturated carbocycles. The molecule has 10 heteroatoms. The maximum absolute atomic E-state index is 13.1. The van der Waals surface area contributed by atoms with Crippen molar-refractivity contribution in [1.82, 2.24) is 4.31 Å². The van der Waals surface area contributed by atoms with E-state index in [0.29, 0.717) is 23.7 Å². The molecule has 0 atom stereocenters. The lowest BCUT2D eigenvalue weighted by atomic mass is 9.96. The van der Waals surface area contributed by atoms with E-state index in [0.717, 1.165) is 55.4 Å². The summed E-state index contributed by atoms with van der Waals surface area (Å²) in [6.45, 7) is 0.851. The molecule has 4 rings (SSSR count). The first-order valence-corrected chi connectivity index (χ1v) is 13.2. The lowest BCUT2D eigenvalue weighted by Crippen LogP contribution is -2.35. The van der Waals surface area contributed by atoms with Gasteiger partial charge in [0.25, 0.3) is 5.91 Å². The van der Waals surface area contributed by atoms with Crippen LogP contribution in [0.2, 0.25) is 10.0 Å². The number of carbonyl (C=O) groups is 1. The minimum atomic E-state index is -3.84. The Bertz CT molecular complexity index is 1180. The Labute approximate surface area is 195 Å². The maximum Gasteiger partial charge on any atom is 0.257 e. The molecule has 1 fully saturated rings. The van der Waals surface area contributed by atoms with Crippen molar-refractivity contribution in [2.45, 2.75) is 49.8 Å². The van der Waals surface area contributed by atoms with E-state index < -0.39 is 15.9 Å². The van der Waals surface area contributed by atoms with Crippen LogP contribution in [-0.2, 0) is 22.9 Å². The van der Waals surface area contributed by atoms with E-state index in [1.807, 2.05) is 0 Å². The highest BCUT2D eigenvalue weighted by Crippen LogP contribution is 2.38. The molecule has 1 amide bonds. The molecular weight excluding hydrogens is 477 g/mol. The number of amides is 1. The van der Waals surface area contributed by atoms with Gasteiger partial charge in [0.15, 0.2) is 0 Å². The van der Waals surface area contributed by atoms with Gasteiger partial charge in [0.2, 0.25) is 10.0 Å². The van der Waals surface area contributed by atoms with Gasteiger partial charge < -0.3 is 5.32 Å². The Kier molecular flexibility index (Phi) is 6.61. The standard InChI is InChI=1S/C21H21Cl2N3O3S2/c22-16-11-17(23)19(31(28,29)26-8-4-1-5-9-26)10-14(16)20(27)25-21-15(12-24)13-6-2-3-7-18(13)30-21/h10-11H,1-9H2,(H,25,27). The van der Waals surface area contributed by atoms with Crippen LogP contribution in [0.1, 0.15) is 58.5 Å². The minimum absolute atomic E-state index is 0.0110. The second-order valence-corrected chi connectivity index (χ2v) is 11.5. The monoisotopic (exact) mass is 497 g/mol. The summed E-state index contributed by atoms with van der Waals surface area (Å²) in [5, 5.41) is 12.9. The van der Waals surface area contributed by atoms with Crippen molar-refractivity contribution in [3.8, 4) is 6.07 Å². The van der Waals surface area contributed by atoms with E-state index in [1.54, 1.807) is 0 Å². The Morgan fingerprint density at radius 2 is 1.77 bits per heavy atom. The number of sulfonamides is 1. The Morgan fingerprint density at radius 3 is 2.48 bits per heavy atom. The van der Waals surface area contributed by atoms with Crippen molar-refractivity contribution >= 4 is 55.5 Å². The largest absolute Gasteiger partial charge is 0.312 e. The summed E-state index contributed by atoms with van der Waals surface area (Å²) in [7, 11) is -3.84. The fourth-order valence-electron chi connectivity index (χ4n) is 4.09. The molecule has 2 heterocycles. The number of nitrogens with one attached hydrogen (secondary N) is 1. The number of anilines is 1. The fraction of sp³-hybridized carbons (Fsp3) is 0.429. The first-order valence-electron chi connectivity index (χ1n) is 10.2. The third-order valence-electron chi connectivity index (χ3n) is 5.71. The zero-order chi connectivity index (χ0) is 22.2. The quantitative estimate of drug-likeness (QED) is 0.625. The van der Waals surface area contributed by atoms with Gasteiger partial charge in [-0.3, -0.25) is 4.79 Å². The van der Waals surface area contributed by atoms with Crippen molar-refractivity contribution in [1.29, 1.82) is 5.26 Å². The van der Waals surface area contributed by atoms with Crippen LogP contribution < -0.4 is 5.32 Å². The Morgan fingerprint density at radius 1 is 1.06 bits per heavy atom. The fourth-order valence-corrected chi connectivity index (χ4v) is 7.67. The molecule has 1 aliphatic carbocycles. The van der Waals surface area contributed by atoms with Crippen LogP contribution in [-0.4, -0.2) is 31.7 Å². The van der Waals surface area contributed by atoms with Crippen LogP contribution in [0.4, 0.5) is 5.00 Å². The van der Waals surface area contributed by atoms with Crippen LogP contribution in [0.15, 0.2) is 17.0 Å². The van der Waals surface area contributed by atoms with Crippen LogP contribution in [0.5, 0.6) is 0 Å². The van der Waals surface area contributed by atoms with Crippen LogP contribution in [0.25, 0.3) is 0 Å². The van der Waals surface area contributed by atoms with Gasteiger partial charge in [-0.2, -0.15) is 9.57 Å². The first kappa shape index (κ1) is 22.6. The van der Waals surface area contributed by atoms with E-state index in [4.69, 9.17) is 23.2 Å². The van der Waals surface area contributed by atoms with Gasteiger partial charge in [-0.25, -0.2) is 8.42 Å². The van der Waals surface area contributed by atoms with E-state index in [2.05, 4.69) is 11.4 Å². The molecule has 164 valence electrons. The summed E-state index contributed by atoms with van der Waals surface area (Å²) in [6, 6.07) is 4.73. The molecule has 6 nitrogen and oxygen atoms in total. The number of rotatable bonds is 4. The summed E-state index contributed by atoms with van der Waals surface area (Å²) in [5.74, 6) is -0.563. The summed E-state index contributed by atoms with van der Waals surface area (Å²) in [4.78, 5) is 14.0. The minimum Gasteiger partial charge on any atom is -0.312 e. The molecule has 1 aromatic heterocycles. The predicted molar refractivity (Wildman–Crippen MR) is 123 cm³/mol. The van der Waals surface area contributed by atoms with Gasteiger partial charge in [-0.1, -0.05) is 29.6 Å². The van der Waals surface area contributed by atoms with Crippen molar-refractivity contribution in [3.63, 3.8) is 0 Å². The molecule has 1 aromatic carbocycles. The zero-order valence-electron chi connectivity index (χ0n) is 16.7. The van der Waals surface area contributed by atoms with Gasteiger partial charge in [-0.15, -0.1) is 11.3 Å². The smallest absolute Gasteiger partial charge is 0.257 e. The van der Waals surface area contributed by atoms with E-state index in [9.17, 15) is 18.5 Å². The number of thiophene rings is 1. The number of carbonyl (C=O) groups excluding carboxylic acids is 1. The number of hydrogen-bond donors (Lipinski definition) is 1. The number of piperidine rings is 1. The summed E-state index contributed by atoms with van der Waals surface area (Å²) >= 11 is 13.9. The second kappa shape index (κ2) is 9.08. The average Bonchev–Trinajstić information content (AvgIpc) is 3.11. The van der Waals surface area contributed by atoms with Gasteiger partial charge in [0.05, 0.1) is 21.2 Å². The molecule has 0 unspecified atom stereocenters. The van der Waals surface area contributed by atoms with Crippen LogP contribution in [0, 0.1) is 11.3 Å². The number of nitrogens with zero attached hydrogens (tertiary/aromatic N) is 2. The topological polar surface area (TPSA) is 90.3 Å². The Hall–Kier alpha value is -1.63. The highest BCUT2D eigenvalue weighted by atomic mass is 35.5. The predicted octanol–water partition coefficient (Wildman–Crippen LogP) is 5.23. The molecule has 0 spiro atoms. The molecule has 2 aromatic rings. The zero-order valence-corrected chi connectivity index (χ0v) is 19.9. The van der Waals surface area contributed by atoms with Gasteiger partial charge in [0.1, 0.15) is 16.0 Å². The second-order valence-electron chi connectivity index (χ2n) is 7.71. The van der Waals surface area contributed by atoms with E-state index in [1.165, 1.54) is 27.8 Å². The van der Waals surface area contributed by atoms with Gasteiger partial charge in [0, 0.05) is 18.0 Å². The molecule has 0 bridgehead atoms. The van der Waals surface area contributed by atoms with Crippen molar-refractivity contribution in [3.05, 3.63) is 43.7 Å². The van der Waals surface area contributed by atoms with E-state index in [-0.39, 0.29) is 20.5 Å². The molecule has 1 N–H and O–H groups in total. The Balaban J connectivity index is 1.67. The SMILES string of the molecule is N#Cc1c(NC(=O)c2cc(S(=O)(=O)N3CCCCC3)c(Cl)cc2Cl)sc2c1CCCC2. The van der Waals surface area contributed by atoms with Gasteiger partial charge in [-0.05, 0) is 56.2 Å². The molecule has 0 radical (unpaired) electrons. The maximum atomic E-state index is 13.1. The van der Waals surface area contributed by atoms with Crippen molar-refractivity contribution in [2.75, 3.05) is 18.4 Å². The number of benzene rings is 1. The summed E-state index contributed by atoms with van der Waals surface area (Å²) in [6.07, 6.45) is 6.36. The highest BCUT2D eigenvalue weighted by Gasteiger charge is 2.30.